The molecule has 0 aromatic rings. The van der Waals surface area contributed by atoms with Gasteiger partial charge in [-0.3, -0.25) is 14.7 Å². The van der Waals surface area contributed by atoms with Gasteiger partial charge in [0.2, 0.25) is 0 Å². The Labute approximate surface area is 220 Å². The average molecular weight is 521 g/mol. The lowest BCUT2D eigenvalue weighted by molar-refractivity contribution is 0.0333. The minimum absolute atomic E-state index is 0.116. The third-order valence-electron chi connectivity index (χ3n) is 5.93. The molecule has 36 heavy (non-hydrogen) atoms. The quantitative estimate of drug-likeness (QED) is 0.0801. The van der Waals surface area contributed by atoms with E-state index in [-0.39, 0.29) is 26.4 Å². The normalized spacial score (nSPS) is 12.4. The van der Waals surface area contributed by atoms with Gasteiger partial charge in [-0.2, -0.15) is 0 Å². The zero-order valence-electron chi connectivity index (χ0n) is 23.1. The molecule has 0 saturated carbocycles. The molecule has 0 saturated heterocycles. The summed E-state index contributed by atoms with van der Waals surface area (Å²) in [7, 11) is 2.08. The van der Waals surface area contributed by atoms with Crippen molar-refractivity contribution in [1.29, 1.82) is 0 Å². The number of hydrogen-bond acceptors (Lipinski definition) is 10. The summed E-state index contributed by atoms with van der Waals surface area (Å²) in [5, 5.41) is 36.5. The fourth-order valence-corrected chi connectivity index (χ4v) is 3.85. The summed E-state index contributed by atoms with van der Waals surface area (Å²) in [5.74, 6) is 0. The molecule has 0 atom stereocenters. The molecule has 10 nitrogen and oxygen atoms in total. The van der Waals surface area contributed by atoms with Gasteiger partial charge in [0.25, 0.3) is 0 Å². The lowest BCUT2D eigenvalue weighted by Gasteiger charge is -2.24. The molecule has 0 aromatic carbocycles. The predicted molar refractivity (Wildman–Crippen MR) is 145 cm³/mol. The van der Waals surface area contributed by atoms with Gasteiger partial charge in [0.15, 0.2) is 0 Å². The van der Waals surface area contributed by atoms with Crippen LogP contribution in [-0.4, -0.2) is 172 Å². The molecular formula is C26H56N4O6. The van der Waals surface area contributed by atoms with Gasteiger partial charge >= 0.3 is 0 Å². The van der Waals surface area contributed by atoms with Gasteiger partial charge in [-0.15, -0.1) is 0 Å². The molecule has 0 aromatic heterocycles. The van der Waals surface area contributed by atoms with Crippen molar-refractivity contribution in [1.82, 2.24) is 19.6 Å². The van der Waals surface area contributed by atoms with Crippen molar-refractivity contribution in [3.05, 3.63) is 12.2 Å². The topological polar surface area (TPSA) is 112 Å². The number of aliphatic hydroxyl groups is 4. The average Bonchev–Trinajstić information content (AvgIpc) is 2.86. The van der Waals surface area contributed by atoms with Gasteiger partial charge in [0.05, 0.1) is 52.9 Å². The van der Waals surface area contributed by atoms with E-state index in [9.17, 15) is 0 Å². The van der Waals surface area contributed by atoms with Crippen LogP contribution in [-0.2, 0) is 9.47 Å². The first-order valence-electron chi connectivity index (χ1n) is 13.7. The fourth-order valence-electron chi connectivity index (χ4n) is 3.85. The second-order valence-corrected chi connectivity index (χ2v) is 8.99. The van der Waals surface area contributed by atoms with Crippen LogP contribution in [0.3, 0.4) is 0 Å². The number of nitrogens with zero attached hydrogens (tertiary/aromatic N) is 4. The Hall–Kier alpha value is -0.660. The van der Waals surface area contributed by atoms with Crippen LogP contribution in [0.5, 0.6) is 0 Å². The molecule has 0 aliphatic rings. The van der Waals surface area contributed by atoms with Gasteiger partial charge in [-0.05, 0) is 52.5 Å². The number of ether oxygens (including phenoxy) is 2. The zero-order chi connectivity index (χ0) is 26.7. The van der Waals surface area contributed by atoms with Crippen LogP contribution >= 0.6 is 0 Å². The van der Waals surface area contributed by atoms with Crippen molar-refractivity contribution in [2.45, 2.75) is 26.2 Å². The lowest BCUT2D eigenvalue weighted by Crippen LogP contribution is -2.35. The molecule has 0 heterocycles. The van der Waals surface area contributed by atoms with Crippen LogP contribution in [0.1, 0.15) is 26.2 Å². The molecule has 0 aliphatic carbocycles. The zero-order valence-corrected chi connectivity index (χ0v) is 23.1. The molecule has 0 fully saturated rings. The third-order valence-corrected chi connectivity index (χ3v) is 5.93. The molecule has 4 N–H and O–H groups in total. The van der Waals surface area contributed by atoms with Crippen molar-refractivity contribution in [3.8, 4) is 0 Å². The highest BCUT2D eigenvalue weighted by molar-refractivity contribution is 4.84. The summed E-state index contributed by atoms with van der Waals surface area (Å²) in [5.41, 5.74) is 0. The number of rotatable bonds is 28. The fraction of sp³-hybridized carbons (Fsp3) is 0.923. The second kappa shape index (κ2) is 27.4. The van der Waals surface area contributed by atoms with E-state index in [4.69, 9.17) is 29.9 Å². The SMILES string of the molecule is CC/C=C\CN(CCCN(CCO)CCO)CCOCCOCCN(C)CCCN(CCO)CCO. The first-order valence-corrected chi connectivity index (χ1v) is 13.7. The molecule has 0 unspecified atom stereocenters. The van der Waals surface area contributed by atoms with Gasteiger partial charge in [0, 0.05) is 45.8 Å². The van der Waals surface area contributed by atoms with Crippen LogP contribution in [0, 0.1) is 0 Å². The molecule has 0 radical (unpaired) electrons. The van der Waals surface area contributed by atoms with Crippen molar-refractivity contribution in [3.63, 3.8) is 0 Å². The van der Waals surface area contributed by atoms with Gasteiger partial charge < -0.3 is 34.8 Å². The third kappa shape index (κ3) is 22.5. The number of hydrogen-bond donors (Lipinski definition) is 4. The van der Waals surface area contributed by atoms with Crippen molar-refractivity contribution in [2.24, 2.45) is 0 Å². The summed E-state index contributed by atoms with van der Waals surface area (Å²) in [6.45, 7) is 13.8. The maximum absolute atomic E-state index is 9.16. The molecule has 0 spiro atoms. The van der Waals surface area contributed by atoms with E-state index in [1.807, 2.05) is 0 Å². The summed E-state index contributed by atoms with van der Waals surface area (Å²) in [6, 6.07) is 0. The molecule has 0 aliphatic heterocycles. The van der Waals surface area contributed by atoms with Crippen LogP contribution in [0.2, 0.25) is 0 Å². The van der Waals surface area contributed by atoms with E-state index in [2.05, 4.69) is 45.7 Å². The molecule has 0 rings (SSSR count). The number of allylic oxidation sites excluding steroid dienone is 1. The van der Waals surface area contributed by atoms with Crippen LogP contribution in [0.15, 0.2) is 12.2 Å². The number of likely N-dealkylation sites (N-methyl/N-ethyl adjacent to an activating group) is 1. The Morgan fingerprint density at radius 1 is 0.528 bits per heavy atom. The van der Waals surface area contributed by atoms with E-state index in [1.165, 1.54) is 0 Å². The highest BCUT2D eigenvalue weighted by Gasteiger charge is 2.08. The second-order valence-electron chi connectivity index (χ2n) is 8.99. The molecule has 0 amide bonds. The van der Waals surface area contributed by atoms with Crippen LogP contribution in [0.4, 0.5) is 0 Å². The van der Waals surface area contributed by atoms with Gasteiger partial charge in [0.1, 0.15) is 0 Å². The van der Waals surface area contributed by atoms with Crippen LogP contribution in [0.25, 0.3) is 0 Å². The van der Waals surface area contributed by atoms with E-state index in [0.717, 1.165) is 65.1 Å². The molecular weight excluding hydrogens is 464 g/mol. The minimum Gasteiger partial charge on any atom is -0.395 e. The monoisotopic (exact) mass is 520 g/mol. The summed E-state index contributed by atoms with van der Waals surface area (Å²) in [4.78, 5) is 8.78. The van der Waals surface area contributed by atoms with E-state index < -0.39 is 0 Å². The van der Waals surface area contributed by atoms with E-state index in [1.54, 1.807) is 0 Å². The van der Waals surface area contributed by atoms with Crippen molar-refractivity contribution < 1.29 is 29.9 Å². The summed E-state index contributed by atoms with van der Waals surface area (Å²) >= 11 is 0. The Morgan fingerprint density at radius 2 is 1.00 bits per heavy atom. The minimum atomic E-state index is 0.116. The highest BCUT2D eigenvalue weighted by Crippen LogP contribution is 1.98. The Kier molecular flexibility index (Phi) is 26.9. The highest BCUT2D eigenvalue weighted by atomic mass is 16.5. The molecule has 0 bridgehead atoms. The standard InChI is InChI=1S/C26H56N4O6/c1-3-4-5-9-28(11-7-12-30(15-21-33)16-22-34)18-24-36-26-25-35-23-17-27(2)8-6-10-29(13-19-31)14-20-32/h4-5,31-34H,3,6-26H2,1-2H3/b5-4-. The largest absolute Gasteiger partial charge is 0.395 e. The maximum atomic E-state index is 9.16. The Morgan fingerprint density at radius 3 is 1.50 bits per heavy atom. The Bertz CT molecular complexity index is 464. The summed E-state index contributed by atoms with van der Waals surface area (Å²) in [6.07, 6.45) is 7.39. The van der Waals surface area contributed by atoms with E-state index >= 15 is 0 Å². The molecule has 216 valence electrons. The van der Waals surface area contributed by atoms with E-state index in [0.29, 0.717) is 52.6 Å². The molecule has 10 heteroatoms. The first kappa shape index (κ1) is 35.3. The predicted octanol–water partition coefficient (Wildman–Crippen LogP) is -0.427. The van der Waals surface area contributed by atoms with Crippen molar-refractivity contribution in [2.75, 3.05) is 132 Å². The lowest BCUT2D eigenvalue weighted by atomic mass is 10.3. The number of aliphatic hydroxyl groups excluding tert-OH is 4. The van der Waals surface area contributed by atoms with Crippen molar-refractivity contribution >= 4 is 0 Å². The van der Waals surface area contributed by atoms with Gasteiger partial charge in [-0.1, -0.05) is 19.1 Å². The first-order chi connectivity index (χ1) is 17.6. The maximum Gasteiger partial charge on any atom is 0.0701 e. The Balaban J connectivity index is 3.93. The summed E-state index contributed by atoms with van der Waals surface area (Å²) < 4.78 is 11.5. The van der Waals surface area contributed by atoms with Gasteiger partial charge in [-0.25, -0.2) is 0 Å². The smallest absolute Gasteiger partial charge is 0.0701 e. The van der Waals surface area contributed by atoms with Crippen LogP contribution < -0.4 is 0 Å².